The molecule has 0 radical (unpaired) electrons. The van der Waals surface area contributed by atoms with Crippen molar-refractivity contribution in [3.8, 4) is 0 Å². The third-order valence-electron chi connectivity index (χ3n) is 2.93. The number of halogens is 1. The first kappa shape index (κ1) is 14.3. The van der Waals surface area contributed by atoms with E-state index in [0.29, 0.717) is 22.9 Å². The van der Waals surface area contributed by atoms with E-state index in [4.69, 9.17) is 17.3 Å². The summed E-state index contributed by atoms with van der Waals surface area (Å²) in [4.78, 5) is 18.1. The summed E-state index contributed by atoms with van der Waals surface area (Å²) in [7, 11) is 1.71. The van der Waals surface area contributed by atoms with E-state index in [1.165, 1.54) is 0 Å². The molecule has 20 heavy (non-hydrogen) atoms. The van der Waals surface area contributed by atoms with Crippen LogP contribution >= 0.6 is 11.6 Å². The summed E-state index contributed by atoms with van der Waals surface area (Å²) < 4.78 is 0. The molecule has 0 aliphatic rings. The summed E-state index contributed by atoms with van der Waals surface area (Å²) in [5, 5.41) is 0.594. The Balaban J connectivity index is 2.17. The third kappa shape index (κ3) is 3.27. The summed E-state index contributed by atoms with van der Waals surface area (Å²) in [6.07, 6.45) is 0. The number of nitrogens with zero attached hydrogens (tertiary/aromatic N) is 2. The van der Waals surface area contributed by atoms with Crippen LogP contribution in [0.4, 0.5) is 5.69 Å². The van der Waals surface area contributed by atoms with Gasteiger partial charge in [0.15, 0.2) is 0 Å². The minimum Gasteiger partial charge on any atom is -0.399 e. The molecule has 1 heterocycles. The summed E-state index contributed by atoms with van der Waals surface area (Å²) in [5.41, 5.74) is 8.41. The highest BCUT2D eigenvalue weighted by Crippen LogP contribution is 2.20. The summed E-state index contributed by atoms with van der Waals surface area (Å²) in [6.45, 7) is 2.24. The Kier molecular flexibility index (Phi) is 4.25. The number of amides is 1. The van der Waals surface area contributed by atoms with Gasteiger partial charge in [-0.1, -0.05) is 17.7 Å². The molecule has 0 saturated heterocycles. The van der Waals surface area contributed by atoms with Crippen LogP contribution in [0.5, 0.6) is 0 Å². The second-order valence-electron chi connectivity index (χ2n) is 4.68. The maximum absolute atomic E-state index is 12.3. The molecule has 0 bridgehead atoms. The summed E-state index contributed by atoms with van der Waals surface area (Å²) >= 11 is 6.11. The third-order valence-corrected chi connectivity index (χ3v) is 3.30. The van der Waals surface area contributed by atoms with Crippen molar-refractivity contribution in [3.63, 3.8) is 0 Å². The normalized spacial score (nSPS) is 10.3. The highest BCUT2D eigenvalue weighted by atomic mass is 35.5. The van der Waals surface area contributed by atoms with Crippen molar-refractivity contribution in [2.24, 2.45) is 0 Å². The molecule has 0 saturated carbocycles. The Bertz CT molecular complexity index is 643. The van der Waals surface area contributed by atoms with Crippen LogP contribution in [0, 0.1) is 6.92 Å². The number of carbonyl (C=O) groups is 1. The number of aromatic nitrogens is 1. The van der Waals surface area contributed by atoms with Crippen LogP contribution in [0.2, 0.25) is 5.02 Å². The van der Waals surface area contributed by atoms with E-state index in [-0.39, 0.29) is 5.91 Å². The summed E-state index contributed by atoms with van der Waals surface area (Å²) in [6, 6.07) is 10.6. The lowest BCUT2D eigenvalue weighted by atomic mass is 10.2. The SMILES string of the molecule is Cc1cccc(C(=O)N(C)Cc2cc(N)ccc2Cl)n1. The Morgan fingerprint density at radius 2 is 2.10 bits per heavy atom. The Hall–Kier alpha value is -2.07. The first-order chi connectivity index (χ1) is 9.47. The van der Waals surface area contributed by atoms with Crippen molar-refractivity contribution in [1.29, 1.82) is 0 Å². The van der Waals surface area contributed by atoms with E-state index in [2.05, 4.69) is 4.98 Å². The van der Waals surface area contributed by atoms with Crippen molar-refractivity contribution < 1.29 is 4.79 Å². The number of hydrogen-bond donors (Lipinski definition) is 1. The van der Waals surface area contributed by atoms with Gasteiger partial charge in [0.2, 0.25) is 0 Å². The molecule has 1 aromatic carbocycles. The molecule has 0 unspecified atom stereocenters. The van der Waals surface area contributed by atoms with Gasteiger partial charge < -0.3 is 10.6 Å². The number of aryl methyl sites for hydroxylation is 1. The molecule has 0 atom stereocenters. The van der Waals surface area contributed by atoms with Gasteiger partial charge in [-0.25, -0.2) is 4.98 Å². The minimum absolute atomic E-state index is 0.146. The quantitative estimate of drug-likeness (QED) is 0.884. The van der Waals surface area contributed by atoms with Crippen LogP contribution < -0.4 is 5.73 Å². The second kappa shape index (κ2) is 5.92. The van der Waals surface area contributed by atoms with E-state index < -0.39 is 0 Å². The zero-order valence-corrected chi connectivity index (χ0v) is 12.2. The molecule has 0 aliphatic carbocycles. The molecule has 1 amide bonds. The zero-order valence-electron chi connectivity index (χ0n) is 11.4. The second-order valence-corrected chi connectivity index (χ2v) is 5.08. The van der Waals surface area contributed by atoms with Gasteiger partial charge in [-0.05, 0) is 42.8 Å². The fourth-order valence-corrected chi connectivity index (χ4v) is 2.08. The minimum atomic E-state index is -0.146. The number of carbonyl (C=O) groups excluding carboxylic acids is 1. The average Bonchev–Trinajstić information content (AvgIpc) is 2.42. The Morgan fingerprint density at radius 1 is 1.35 bits per heavy atom. The number of nitrogen functional groups attached to an aromatic ring is 1. The number of pyridine rings is 1. The Morgan fingerprint density at radius 3 is 2.80 bits per heavy atom. The van der Waals surface area contributed by atoms with Crippen LogP contribution in [0.25, 0.3) is 0 Å². The molecule has 104 valence electrons. The molecular weight excluding hydrogens is 274 g/mol. The van der Waals surface area contributed by atoms with E-state index in [1.54, 1.807) is 36.2 Å². The molecule has 1 aromatic heterocycles. The number of rotatable bonds is 3. The average molecular weight is 290 g/mol. The first-order valence-corrected chi connectivity index (χ1v) is 6.58. The van der Waals surface area contributed by atoms with Crippen molar-refractivity contribution in [1.82, 2.24) is 9.88 Å². The monoisotopic (exact) mass is 289 g/mol. The first-order valence-electron chi connectivity index (χ1n) is 6.20. The van der Waals surface area contributed by atoms with Gasteiger partial charge in [-0.15, -0.1) is 0 Å². The van der Waals surface area contributed by atoms with E-state index in [0.717, 1.165) is 11.3 Å². The highest BCUT2D eigenvalue weighted by Gasteiger charge is 2.14. The van der Waals surface area contributed by atoms with Crippen LogP contribution in [-0.2, 0) is 6.54 Å². The van der Waals surface area contributed by atoms with Crippen molar-refractivity contribution in [2.45, 2.75) is 13.5 Å². The van der Waals surface area contributed by atoms with Gasteiger partial charge >= 0.3 is 0 Å². The zero-order chi connectivity index (χ0) is 14.7. The molecule has 0 fully saturated rings. The van der Waals surface area contributed by atoms with Gasteiger partial charge in [0.1, 0.15) is 5.69 Å². The summed E-state index contributed by atoms with van der Waals surface area (Å²) in [5.74, 6) is -0.146. The van der Waals surface area contributed by atoms with E-state index in [9.17, 15) is 4.79 Å². The fraction of sp³-hybridized carbons (Fsp3) is 0.200. The lowest BCUT2D eigenvalue weighted by Gasteiger charge is -2.18. The number of benzene rings is 1. The molecule has 2 aromatic rings. The van der Waals surface area contributed by atoms with Gasteiger partial charge in [0.25, 0.3) is 5.91 Å². The molecule has 4 nitrogen and oxygen atoms in total. The number of hydrogen-bond acceptors (Lipinski definition) is 3. The van der Waals surface area contributed by atoms with Crippen molar-refractivity contribution in [2.75, 3.05) is 12.8 Å². The van der Waals surface area contributed by atoms with E-state index >= 15 is 0 Å². The topological polar surface area (TPSA) is 59.2 Å². The maximum Gasteiger partial charge on any atom is 0.272 e. The van der Waals surface area contributed by atoms with Gasteiger partial charge in [-0.2, -0.15) is 0 Å². The largest absolute Gasteiger partial charge is 0.399 e. The van der Waals surface area contributed by atoms with Crippen molar-refractivity contribution >= 4 is 23.2 Å². The van der Waals surface area contributed by atoms with Crippen molar-refractivity contribution in [3.05, 3.63) is 58.4 Å². The standard InChI is InChI=1S/C15H16ClN3O/c1-10-4-3-5-14(18-10)15(20)19(2)9-11-8-12(17)6-7-13(11)16/h3-8H,9,17H2,1-2H3. The van der Waals surface area contributed by atoms with Crippen LogP contribution in [0.15, 0.2) is 36.4 Å². The predicted molar refractivity (Wildman–Crippen MR) is 80.6 cm³/mol. The fourth-order valence-electron chi connectivity index (χ4n) is 1.90. The number of nitrogens with two attached hydrogens (primary N) is 1. The van der Waals surface area contributed by atoms with Crippen LogP contribution in [0.1, 0.15) is 21.7 Å². The molecular formula is C15H16ClN3O. The van der Waals surface area contributed by atoms with Gasteiger partial charge in [0, 0.05) is 30.0 Å². The lowest BCUT2D eigenvalue weighted by Crippen LogP contribution is -2.27. The Labute approximate surface area is 123 Å². The maximum atomic E-state index is 12.3. The molecule has 2 rings (SSSR count). The molecule has 2 N–H and O–H groups in total. The van der Waals surface area contributed by atoms with E-state index in [1.807, 2.05) is 19.1 Å². The predicted octanol–water partition coefficient (Wildman–Crippen LogP) is 2.90. The smallest absolute Gasteiger partial charge is 0.272 e. The highest BCUT2D eigenvalue weighted by molar-refractivity contribution is 6.31. The molecule has 0 aliphatic heterocycles. The molecule has 0 spiro atoms. The number of anilines is 1. The van der Waals surface area contributed by atoms with Crippen LogP contribution in [-0.4, -0.2) is 22.8 Å². The van der Waals surface area contributed by atoms with Crippen LogP contribution in [0.3, 0.4) is 0 Å². The van der Waals surface area contributed by atoms with Gasteiger partial charge in [0.05, 0.1) is 0 Å². The van der Waals surface area contributed by atoms with Gasteiger partial charge in [-0.3, -0.25) is 4.79 Å². The molecule has 5 heteroatoms. The lowest BCUT2D eigenvalue weighted by molar-refractivity contribution is 0.0779.